The number of rotatable bonds is 7. The molecule has 0 aromatic rings. The largest absolute Gasteiger partial charge is 0.395 e. The summed E-state index contributed by atoms with van der Waals surface area (Å²) in [5, 5.41) is 11.9. The van der Waals surface area contributed by atoms with E-state index in [0.29, 0.717) is 0 Å². The van der Waals surface area contributed by atoms with Crippen LogP contribution in [0.2, 0.25) is 0 Å². The Balaban J connectivity index is 3.88. The Morgan fingerprint density at radius 1 is 1.40 bits per heavy atom. The first-order valence-electron chi connectivity index (χ1n) is 5.57. The van der Waals surface area contributed by atoms with E-state index in [-0.39, 0.29) is 29.1 Å². The summed E-state index contributed by atoms with van der Waals surface area (Å²) in [6, 6.07) is 0.245. The van der Waals surface area contributed by atoms with E-state index in [1.807, 2.05) is 20.8 Å². The molecule has 0 aromatic carbocycles. The highest BCUT2D eigenvalue weighted by Crippen LogP contribution is 2.17. The zero-order valence-electron chi connectivity index (χ0n) is 10.1. The Morgan fingerprint density at radius 2 is 2.00 bits per heavy atom. The second kappa shape index (κ2) is 7.99. The third kappa shape index (κ3) is 6.79. The first-order valence-corrected chi connectivity index (χ1v) is 6.52. The van der Waals surface area contributed by atoms with Crippen LogP contribution in [0.1, 0.15) is 40.5 Å². The second-order valence-corrected chi connectivity index (χ2v) is 5.75. The number of hydrogen-bond acceptors (Lipinski definition) is 3. The van der Waals surface area contributed by atoms with Crippen molar-refractivity contribution in [3.05, 3.63) is 0 Å². The van der Waals surface area contributed by atoms with Gasteiger partial charge in [0.2, 0.25) is 5.91 Å². The lowest BCUT2D eigenvalue weighted by Gasteiger charge is -2.18. The minimum absolute atomic E-state index is 0.0706. The monoisotopic (exact) mass is 233 g/mol. The fourth-order valence-electron chi connectivity index (χ4n) is 1.32. The normalized spacial score (nSPS) is 16.9. The number of aliphatic hydroxyl groups is 1. The van der Waals surface area contributed by atoms with E-state index in [4.69, 9.17) is 5.11 Å². The van der Waals surface area contributed by atoms with E-state index in [0.717, 1.165) is 12.8 Å². The van der Waals surface area contributed by atoms with Gasteiger partial charge in [-0.05, 0) is 20.3 Å². The molecule has 0 aliphatic rings. The third-order valence-corrected chi connectivity index (χ3v) is 3.41. The van der Waals surface area contributed by atoms with Crippen LogP contribution in [-0.4, -0.2) is 34.2 Å². The van der Waals surface area contributed by atoms with Gasteiger partial charge in [0.05, 0.1) is 11.9 Å². The Bertz CT molecular complexity index is 187. The first-order chi connectivity index (χ1) is 7.01. The molecule has 15 heavy (non-hydrogen) atoms. The molecule has 3 nitrogen and oxygen atoms in total. The number of carbonyl (C=O) groups is 1. The Kier molecular flexibility index (Phi) is 7.88. The van der Waals surface area contributed by atoms with Crippen molar-refractivity contribution in [2.45, 2.75) is 57.1 Å². The van der Waals surface area contributed by atoms with Gasteiger partial charge in [0.1, 0.15) is 0 Å². The highest BCUT2D eigenvalue weighted by Gasteiger charge is 2.17. The smallest absolute Gasteiger partial charge is 0.233 e. The van der Waals surface area contributed by atoms with Gasteiger partial charge in [-0.1, -0.05) is 20.3 Å². The Hall–Kier alpha value is -0.220. The van der Waals surface area contributed by atoms with Crippen LogP contribution in [0.4, 0.5) is 0 Å². The summed E-state index contributed by atoms with van der Waals surface area (Å²) in [4.78, 5) is 11.7. The van der Waals surface area contributed by atoms with Crippen LogP contribution in [-0.2, 0) is 4.79 Å². The number of hydrogen-bond donors (Lipinski definition) is 2. The molecule has 0 rings (SSSR count). The van der Waals surface area contributed by atoms with Gasteiger partial charge < -0.3 is 10.4 Å². The predicted molar refractivity (Wildman–Crippen MR) is 66.1 cm³/mol. The summed E-state index contributed by atoms with van der Waals surface area (Å²) in [5.74, 6) is 0.0706. The van der Waals surface area contributed by atoms with Crippen LogP contribution in [0.3, 0.4) is 0 Å². The molecule has 0 radical (unpaired) electrons. The molecule has 3 unspecified atom stereocenters. The van der Waals surface area contributed by atoms with E-state index in [9.17, 15) is 4.79 Å². The standard InChI is InChI=1S/C11H23NO2S/c1-5-6-8(2)12-11(14)10(4)15-9(3)7-13/h8-10,13H,5-7H2,1-4H3,(H,12,14). The molecule has 90 valence electrons. The zero-order valence-corrected chi connectivity index (χ0v) is 10.9. The molecule has 0 fully saturated rings. The van der Waals surface area contributed by atoms with Crippen LogP contribution in [0.25, 0.3) is 0 Å². The summed E-state index contributed by atoms with van der Waals surface area (Å²) >= 11 is 1.51. The molecule has 0 aliphatic heterocycles. The van der Waals surface area contributed by atoms with Crippen LogP contribution in [0.15, 0.2) is 0 Å². The number of thioether (sulfide) groups is 1. The van der Waals surface area contributed by atoms with Gasteiger partial charge in [0.15, 0.2) is 0 Å². The van der Waals surface area contributed by atoms with Gasteiger partial charge in [0.25, 0.3) is 0 Å². The van der Waals surface area contributed by atoms with Crippen molar-refractivity contribution in [2.24, 2.45) is 0 Å². The summed E-state index contributed by atoms with van der Waals surface area (Å²) in [6.45, 7) is 8.05. The molecule has 0 bridgehead atoms. The van der Waals surface area contributed by atoms with E-state index in [1.165, 1.54) is 11.8 Å². The lowest BCUT2D eigenvalue weighted by molar-refractivity contribution is -0.120. The van der Waals surface area contributed by atoms with Gasteiger partial charge in [-0.25, -0.2) is 0 Å². The summed E-state index contributed by atoms with van der Waals surface area (Å²) in [5.41, 5.74) is 0. The number of amides is 1. The van der Waals surface area contributed by atoms with Crippen molar-refractivity contribution in [3.63, 3.8) is 0 Å². The van der Waals surface area contributed by atoms with Gasteiger partial charge >= 0.3 is 0 Å². The molecule has 0 aliphatic carbocycles. The fraction of sp³-hybridized carbons (Fsp3) is 0.909. The maximum absolute atomic E-state index is 11.7. The van der Waals surface area contributed by atoms with Crippen molar-refractivity contribution >= 4 is 17.7 Å². The molecule has 0 spiro atoms. The van der Waals surface area contributed by atoms with Crippen molar-refractivity contribution in [3.8, 4) is 0 Å². The van der Waals surface area contributed by atoms with E-state index in [2.05, 4.69) is 12.2 Å². The molecule has 1 amide bonds. The van der Waals surface area contributed by atoms with Crippen molar-refractivity contribution < 1.29 is 9.90 Å². The van der Waals surface area contributed by atoms with Crippen molar-refractivity contribution in [1.29, 1.82) is 0 Å². The minimum atomic E-state index is -0.0912. The van der Waals surface area contributed by atoms with Gasteiger partial charge in [-0.2, -0.15) is 0 Å². The number of aliphatic hydroxyl groups excluding tert-OH is 1. The molecule has 2 N–H and O–H groups in total. The van der Waals surface area contributed by atoms with Crippen LogP contribution in [0, 0.1) is 0 Å². The highest BCUT2D eigenvalue weighted by atomic mass is 32.2. The quantitative estimate of drug-likeness (QED) is 0.705. The van der Waals surface area contributed by atoms with Crippen molar-refractivity contribution in [1.82, 2.24) is 5.32 Å². The fourth-order valence-corrected chi connectivity index (χ4v) is 2.29. The number of nitrogens with one attached hydrogen (secondary N) is 1. The SMILES string of the molecule is CCCC(C)NC(=O)C(C)SC(C)CO. The average Bonchev–Trinajstić information content (AvgIpc) is 2.17. The molecule has 0 saturated carbocycles. The Labute approximate surface area is 97.0 Å². The molecule has 3 atom stereocenters. The molecule has 4 heteroatoms. The summed E-state index contributed by atoms with van der Waals surface area (Å²) < 4.78 is 0. The van der Waals surface area contributed by atoms with Gasteiger partial charge in [-0.15, -0.1) is 11.8 Å². The molecule has 0 heterocycles. The van der Waals surface area contributed by atoms with Crippen LogP contribution in [0.5, 0.6) is 0 Å². The maximum atomic E-state index is 11.7. The molecular formula is C11H23NO2S. The molecule has 0 saturated heterocycles. The summed E-state index contributed by atoms with van der Waals surface area (Å²) in [6.07, 6.45) is 2.09. The summed E-state index contributed by atoms with van der Waals surface area (Å²) in [7, 11) is 0. The van der Waals surface area contributed by atoms with E-state index in [1.54, 1.807) is 0 Å². The minimum Gasteiger partial charge on any atom is -0.395 e. The predicted octanol–water partition coefficient (Wildman–Crippen LogP) is 1.79. The lowest BCUT2D eigenvalue weighted by Crippen LogP contribution is -2.38. The molecular weight excluding hydrogens is 210 g/mol. The molecule has 0 aromatic heterocycles. The third-order valence-electron chi connectivity index (χ3n) is 2.17. The van der Waals surface area contributed by atoms with Gasteiger partial charge in [-0.3, -0.25) is 4.79 Å². The Morgan fingerprint density at radius 3 is 2.47 bits per heavy atom. The topological polar surface area (TPSA) is 49.3 Å². The van der Waals surface area contributed by atoms with Gasteiger partial charge in [0, 0.05) is 11.3 Å². The maximum Gasteiger partial charge on any atom is 0.233 e. The highest BCUT2D eigenvalue weighted by molar-refractivity contribution is 8.01. The lowest BCUT2D eigenvalue weighted by atomic mass is 10.2. The average molecular weight is 233 g/mol. The van der Waals surface area contributed by atoms with Crippen LogP contribution >= 0.6 is 11.8 Å². The number of carbonyl (C=O) groups excluding carboxylic acids is 1. The van der Waals surface area contributed by atoms with Crippen molar-refractivity contribution in [2.75, 3.05) is 6.61 Å². The first kappa shape index (κ1) is 14.8. The van der Waals surface area contributed by atoms with E-state index >= 15 is 0 Å². The van der Waals surface area contributed by atoms with Crippen LogP contribution < -0.4 is 5.32 Å². The zero-order chi connectivity index (χ0) is 11.8. The second-order valence-electron chi connectivity index (χ2n) is 3.97. The van der Waals surface area contributed by atoms with E-state index < -0.39 is 0 Å².